The van der Waals surface area contributed by atoms with E-state index in [0.29, 0.717) is 24.4 Å². The monoisotopic (exact) mass is 240 g/mol. The van der Waals surface area contributed by atoms with Crippen molar-refractivity contribution < 1.29 is 13.9 Å². The Labute approximate surface area is 97.0 Å². The minimum absolute atomic E-state index is 0.385. The second-order valence-corrected chi connectivity index (χ2v) is 6.11. The highest BCUT2D eigenvalue weighted by Gasteiger charge is 2.39. The molecule has 1 aliphatic heterocycles. The van der Waals surface area contributed by atoms with Crippen molar-refractivity contribution in [2.45, 2.75) is 19.8 Å². The highest BCUT2D eigenvalue weighted by atomic mass is 31.2. The molecule has 0 spiro atoms. The van der Waals surface area contributed by atoms with Gasteiger partial charge in [0.2, 0.25) is 0 Å². The summed E-state index contributed by atoms with van der Waals surface area (Å²) in [6.07, 6.45) is 2.17. The van der Waals surface area contributed by atoms with E-state index in [2.05, 4.69) is 6.92 Å². The Morgan fingerprint density at radius 3 is 2.44 bits per heavy atom. The first-order chi connectivity index (χ1) is 7.74. The van der Waals surface area contributed by atoms with E-state index in [4.69, 9.17) is 9.05 Å². The molecule has 1 aliphatic rings. The van der Waals surface area contributed by atoms with E-state index in [9.17, 15) is 4.89 Å². The van der Waals surface area contributed by atoms with Crippen LogP contribution in [0, 0.1) is 5.92 Å². The minimum atomic E-state index is -3.03. The first kappa shape index (κ1) is 12.0. The second-order valence-electron chi connectivity index (χ2n) is 4.08. The summed E-state index contributed by atoms with van der Waals surface area (Å²) >= 11 is 0. The summed E-state index contributed by atoms with van der Waals surface area (Å²) in [4.78, 5) is 12.3. The van der Waals surface area contributed by atoms with Gasteiger partial charge in [-0.3, -0.25) is 0 Å². The lowest BCUT2D eigenvalue weighted by Crippen LogP contribution is -2.34. The van der Waals surface area contributed by atoms with E-state index in [1.165, 1.54) is 0 Å². The van der Waals surface area contributed by atoms with Crippen LogP contribution in [-0.2, 0) is 9.05 Å². The standard InChI is InChI=1S/C12H17O3P/c1-2-6-11-9-14-16(13,15-10-11)12-7-4-3-5-8-12/h3-5,7-8,11H,2,6,9-10H2,1H3. The van der Waals surface area contributed by atoms with Crippen LogP contribution in [0.3, 0.4) is 0 Å². The third kappa shape index (κ3) is 2.61. The van der Waals surface area contributed by atoms with Crippen LogP contribution in [0.2, 0.25) is 0 Å². The fourth-order valence-electron chi connectivity index (χ4n) is 1.83. The zero-order chi connectivity index (χ0) is 11.4. The van der Waals surface area contributed by atoms with Crippen LogP contribution in [0.5, 0.6) is 0 Å². The molecule has 0 aliphatic carbocycles. The molecule has 0 N–H and O–H groups in total. The van der Waals surface area contributed by atoms with E-state index in [1.54, 1.807) is 12.1 Å². The lowest BCUT2D eigenvalue weighted by molar-refractivity contribution is -0.223. The maximum Gasteiger partial charge on any atom is 0.271 e. The zero-order valence-electron chi connectivity index (χ0n) is 9.46. The second kappa shape index (κ2) is 5.24. The average molecular weight is 240 g/mol. The van der Waals surface area contributed by atoms with Crippen molar-refractivity contribution in [3.63, 3.8) is 0 Å². The van der Waals surface area contributed by atoms with Crippen molar-refractivity contribution >= 4 is 13.2 Å². The van der Waals surface area contributed by atoms with Gasteiger partial charge in [-0.05, 0) is 18.6 Å². The predicted molar refractivity (Wildman–Crippen MR) is 63.3 cm³/mol. The Kier molecular flexibility index (Phi) is 3.93. The molecule has 0 radical (unpaired) electrons. The van der Waals surface area contributed by atoms with Gasteiger partial charge in [-0.15, -0.1) is 0 Å². The van der Waals surface area contributed by atoms with Crippen LogP contribution in [0.25, 0.3) is 0 Å². The smallest absolute Gasteiger partial charge is 0.271 e. The van der Waals surface area contributed by atoms with Gasteiger partial charge in [0, 0.05) is 5.92 Å². The maximum atomic E-state index is 12.3. The molecule has 16 heavy (non-hydrogen) atoms. The predicted octanol–water partition coefficient (Wildman–Crippen LogP) is 1.90. The van der Waals surface area contributed by atoms with E-state index in [1.807, 2.05) is 18.2 Å². The molecule has 1 saturated heterocycles. The summed E-state index contributed by atoms with van der Waals surface area (Å²) in [5.74, 6) is 0.385. The van der Waals surface area contributed by atoms with Gasteiger partial charge in [0.25, 0.3) is 7.94 Å². The van der Waals surface area contributed by atoms with Crippen LogP contribution >= 0.6 is 7.94 Å². The lowest BCUT2D eigenvalue weighted by atomic mass is 10.1. The molecular formula is C12H17O3P. The van der Waals surface area contributed by atoms with Gasteiger partial charge in [-0.25, -0.2) is 9.05 Å². The van der Waals surface area contributed by atoms with Crippen molar-refractivity contribution in [2.24, 2.45) is 5.92 Å². The molecule has 3 nitrogen and oxygen atoms in total. The van der Waals surface area contributed by atoms with Crippen LogP contribution in [0.4, 0.5) is 0 Å². The van der Waals surface area contributed by atoms with Crippen LogP contribution in [-0.4, -0.2) is 13.2 Å². The Bertz CT molecular complexity index is 320. The van der Waals surface area contributed by atoms with Crippen molar-refractivity contribution in [1.82, 2.24) is 0 Å². The molecule has 0 unspecified atom stereocenters. The molecule has 0 aromatic heterocycles. The van der Waals surface area contributed by atoms with E-state index in [0.717, 1.165) is 12.8 Å². The molecule has 1 fully saturated rings. The number of benzene rings is 1. The normalized spacial score (nSPS) is 30.2. The molecule has 1 aromatic rings. The SMILES string of the molecule is CCCC1CO[P+]([O-])(c2ccccc2)OC1. The Hall–Kier alpha value is -0.470. The molecule has 0 amide bonds. The molecule has 1 heterocycles. The number of hydrogen-bond donors (Lipinski definition) is 0. The third-order valence-corrected chi connectivity index (χ3v) is 4.64. The molecule has 88 valence electrons. The third-order valence-electron chi connectivity index (χ3n) is 2.73. The highest BCUT2D eigenvalue weighted by Crippen LogP contribution is 2.54. The molecule has 0 bridgehead atoms. The van der Waals surface area contributed by atoms with E-state index in [-0.39, 0.29) is 0 Å². The summed E-state index contributed by atoms with van der Waals surface area (Å²) in [5.41, 5.74) is 0. The molecule has 2 rings (SSSR count). The van der Waals surface area contributed by atoms with Gasteiger partial charge < -0.3 is 4.89 Å². The van der Waals surface area contributed by atoms with Gasteiger partial charge in [0.1, 0.15) is 5.30 Å². The topological polar surface area (TPSA) is 41.5 Å². The first-order valence-electron chi connectivity index (χ1n) is 5.69. The van der Waals surface area contributed by atoms with Crippen LogP contribution in [0.15, 0.2) is 30.3 Å². The van der Waals surface area contributed by atoms with Crippen molar-refractivity contribution in [1.29, 1.82) is 0 Å². The maximum absolute atomic E-state index is 12.3. The molecule has 1 aromatic carbocycles. The fraction of sp³-hybridized carbons (Fsp3) is 0.500. The summed E-state index contributed by atoms with van der Waals surface area (Å²) < 4.78 is 10.9. The zero-order valence-corrected chi connectivity index (χ0v) is 10.4. The molecular weight excluding hydrogens is 223 g/mol. The van der Waals surface area contributed by atoms with Crippen molar-refractivity contribution in [3.05, 3.63) is 30.3 Å². The van der Waals surface area contributed by atoms with Crippen LogP contribution in [0.1, 0.15) is 19.8 Å². The Morgan fingerprint density at radius 1 is 1.25 bits per heavy atom. The van der Waals surface area contributed by atoms with E-state index < -0.39 is 7.94 Å². The molecule has 0 saturated carbocycles. The summed E-state index contributed by atoms with van der Waals surface area (Å²) in [5, 5.41) is 0.657. The van der Waals surface area contributed by atoms with Gasteiger partial charge >= 0.3 is 0 Å². The Morgan fingerprint density at radius 2 is 1.88 bits per heavy atom. The van der Waals surface area contributed by atoms with Gasteiger partial charge in [0.05, 0.1) is 13.2 Å². The average Bonchev–Trinajstić information content (AvgIpc) is 2.34. The number of rotatable bonds is 3. The first-order valence-corrected chi connectivity index (χ1v) is 7.23. The lowest BCUT2D eigenvalue weighted by Gasteiger charge is -2.33. The quantitative estimate of drug-likeness (QED) is 0.758. The van der Waals surface area contributed by atoms with E-state index >= 15 is 0 Å². The van der Waals surface area contributed by atoms with Gasteiger partial charge in [0.15, 0.2) is 0 Å². The van der Waals surface area contributed by atoms with Gasteiger partial charge in [-0.1, -0.05) is 31.5 Å². The van der Waals surface area contributed by atoms with Gasteiger partial charge in [-0.2, -0.15) is 0 Å². The van der Waals surface area contributed by atoms with Crippen LogP contribution < -0.4 is 10.2 Å². The van der Waals surface area contributed by atoms with Crippen molar-refractivity contribution in [2.75, 3.05) is 13.2 Å². The largest absolute Gasteiger partial charge is 0.627 e. The fourth-order valence-corrected chi connectivity index (χ4v) is 3.55. The van der Waals surface area contributed by atoms with Crippen molar-refractivity contribution in [3.8, 4) is 0 Å². The molecule has 0 atom stereocenters. The highest BCUT2D eigenvalue weighted by molar-refractivity contribution is 7.67. The summed E-state index contributed by atoms with van der Waals surface area (Å²) in [7, 11) is -3.03. The number of hydrogen-bond acceptors (Lipinski definition) is 3. The molecule has 4 heteroatoms. The summed E-state index contributed by atoms with van der Waals surface area (Å²) in [6.45, 7) is 3.21. The summed E-state index contributed by atoms with van der Waals surface area (Å²) in [6, 6.07) is 9.17. The Balaban J connectivity index is 2.01. The minimum Gasteiger partial charge on any atom is -0.627 e.